The summed E-state index contributed by atoms with van der Waals surface area (Å²) in [5, 5.41) is 3.68. The van der Waals surface area contributed by atoms with E-state index in [0.717, 1.165) is 0 Å². The number of hydrogen-bond acceptors (Lipinski definition) is 6. The fourth-order valence-electron chi connectivity index (χ4n) is 14.0. The fourth-order valence-corrected chi connectivity index (χ4v) is 14.0. The summed E-state index contributed by atoms with van der Waals surface area (Å²) in [5.74, 6) is 4.25. The van der Waals surface area contributed by atoms with E-state index in [1.165, 1.54) is 130 Å². The molecule has 0 aromatic heterocycles. The quantitative estimate of drug-likeness (QED) is 0.174. The topological polar surface area (TPSA) is 28.2 Å². The van der Waals surface area contributed by atoms with Crippen LogP contribution in [-0.2, 0) is 109 Å². The predicted octanol–water partition coefficient (Wildman–Crippen LogP) is 15.4. The van der Waals surface area contributed by atoms with Crippen molar-refractivity contribution in [2.24, 2.45) is 0 Å². The van der Waals surface area contributed by atoms with Crippen LogP contribution in [0.1, 0.15) is 93.0 Å². The van der Waals surface area contributed by atoms with E-state index >= 15 is 0 Å². The molecule has 16 rings (SSSR count). The van der Waals surface area contributed by atoms with Crippen molar-refractivity contribution in [1.29, 1.82) is 0 Å². The van der Waals surface area contributed by atoms with Crippen LogP contribution in [0.5, 0.6) is 0 Å². The number of hydrogen-bond donors (Lipinski definition) is 1. The molecule has 8 aliphatic rings. The Morgan fingerprint density at radius 3 is 1.55 bits per heavy atom. The molecule has 0 bridgehead atoms. The number of nitrogens with zero attached hydrogens (tertiary/aromatic N) is 5. The minimum absolute atomic E-state index is 0. The van der Waals surface area contributed by atoms with Crippen molar-refractivity contribution in [2.45, 2.75) is 77.8 Å². The van der Waals surface area contributed by atoms with Gasteiger partial charge in [-0.05, 0) is 45.5 Å². The standard InChI is InChI=1S/C25H23N2.C23H19N2.C21H21N2.3Y/c1-15-17-13-18-16-9-5-6-10-19(16)25(2,3)20(18)14-23(17)27-22-12-8-7-11-21(22)26(4)24(15)27;1-16-20-14-19(17-8-4-2-5-9-17)12-13-22(20)25-15-21(24-23(16)25)18-10-6-3-7-11-18;1-13-15-11-16-14-7-5-6-8-17(14)21(2,3)18(16)12-19(15)23-10-9-22(4)20(13)23;;;/h5-14,24H,1-4H3;2-15,23-24H,1H3;5-12,20H,1-4H3;;;/q3*-1;;;. The van der Waals surface area contributed by atoms with Crippen LogP contribution < -0.4 is 24.9 Å². The molecule has 78 heavy (non-hydrogen) atoms. The van der Waals surface area contributed by atoms with Gasteiger partial charge in [-0.1, -0.05) is 239 Å². The summed E-state index contributed by atoms with van der Waals surface area (Å²) in [7, 11) is 4.37. The molecule has 6 nitrogen and oxygen atoms in total. The smallest absolute Gasteiger partial charge is 0.0719 e. The Bertz CT molecular complexity index is 3700. The molecule has 0 saturated carbocycles. The molecule has 0 amide bonds. The van der Waals surface area contributed by atoms with Gasteiger partial charge in [-0.15, -0.1) is 17.8 Å². The number of rotatable bonds is 2. The zero-order valence-electron chi connectivity index (χ0n) is 46.2. The normalized spacial score (nSPS) is 19.3. The first-order valence-electron chi connectivity index (χ1n) is 26.7. The van der Waals surface area contributed by atoms with Crippen LogP contribution in [-0.4, -0.2) is 37.5 Å². The van der Waals surface area contributed by atoms with Crippen LogP contribution in [0, 0.1) is 17.8 Å². The van der Waals surface area contributed by atoms with Crippen LogP contribution in [0.15, 0.2) is 195 Å². The Hall–Kier alpha value is -5.04. The molecular weight excluding hydrogens is 1180 g/mol. The summed E-state index contributed by atoms with van der Waals surface area (Å²) in [6, 6.07) is 64.2. The average Bonchev–Trinajstić information content (AvgIpc) is 4.08. The van der Waals surface area contributed by atoms with Crippen molar-refractivity contribution < 1.29 is 98.1 Å². The van der Waals surface area contributed by atoms with Crippen LogP contribution in [0.3, 0.4) is 0 Å². The van der Waals surface area contributed by atoms with Crippen molar-refractivity contribution in [2.75, 3.05) is 33.7 Å². The van der Waals surface area contributed by atoms with Crippen LogP contribution in [0.2, 0.25) is 0 Å². The minimum atomic E-state index is 0. The molecule has 6 aliphatic heterocycles. The molecule has 9 heteroatoms. The minimum Gasteiger partial charge on any atom is -0.386 e. The van der Waals surface area contributed by atoms with Gasteiger partial charge in [0.05, 0.1) is 35.6 Å². The second-order valence-electron chi connectivity index (χ2n) is 22.8. The van der Waals surface area contributed by atoms with E-state index in [2.05, 4.69) is 287 Å². The molecular formula is C69H63N6Y3-3. The van der Waals surface area contributed by atoms with Crippen molar-refractivity contribution in [1.82, 2.24) is 10.2 Å². The molecule has 381 valence electrons. The summed E-state index contributed by atoms with van der Waals surface area (Å²) >= 11 is 0. The van der Waals surface area contributed by atoms with E-state index < -0.39 is 0 Å². The molecule has 3 atom stereocenters. The number of fused-ring (bicyclic) bond motifs is 17. The Labute approximate surface area is 538 Å². The van der Waals surface area contributed by atoms with Gasteiger partial charge in [0.25, 0.3) is 0 Å². The largest absolute Gasteiger partial charge is 0.386 e. The molecule has 6 heterocycles. The molecule has 3 radical (unpaired) electrons. The summed E-state index contributed by atoms with van der Waals surface area (Å²) in [4.78, 5) is 12.0. The summed E-state index contributed by atoms with van der Waals surface area (Å²) in [6.07, 6.45) is 7.48. The Balaban J connectivity index is 0.000000122. The van der Waals surface area contributed by atoms with Gasteiger partial charge in [0.15, 0.2) is 0 Å². The molecule has 0 spiro atoms. The number of para-hydroxylation sites is 2. The Morgan fingerprint density at radius 2 is 0.923 bits per heavy atom. The van der Waals surface area contributed by atoms with Gasteiger partial charge in [0.1, 0.15) is 0 Å². The number of benzene rings is 8. The third-order valence-corrected chi connectivity index (χ3v) is 17.9. The third kappa shape index (κ3) is 8.19. The van der Waals surface area contributed by atoms with Crippen molar-refractivity contribution in [3.63, 3.8) is 0 Å². The molecule has 2 aliphatic carbocycles. The van der Waals surface area contributed by atoms with Crippen LogP contribution in [0.25, 0.3) is 39.1 Å². The third-order valence-electron chi connectivity index (χ3n) is 17.9. The predicted molar refractivity (Wildman–Crippen MR) is 312 cm³/mol. The average molecular weight is 1240 g/mol. The maximum Gasteiger partial charge on any atom is 0.0719 e. The zero-order chi connectivity index (χ0) is 51.2. The second kappa shape index (κ2) is 20.5. The first kappa shape index (κ1) is 54.9. The number of likely N-dealkylation sites (N-methyl/N-ethyl adjacent to an activating group) is 2. The molecule has 0 fully saturated rings. The zero-order valence-corrected chi connectivity index (χ0v) is 54.7. The first-order chi connectivity index (χ1) is 36.3. The number of nitrogens with one attached hydrogen (secondary N) is 1. The molecule has 8 aromatic carbocycles. The molecule has 1 N–H and O–H groups in total. The van der Waals surface area contributed by atoms with E-state index in [0.29, 0.717) is 12.3 Å². The Kier molecular flexibility index (Phi) is 14.4. The van der Waals surface area contributed by atoms with Crippen molar-refractivity contribution >= 4 is 34.1 Å². The maximum atomic E-state index is 3.68. The van der Waals surface area contributed by atoms with E-state index in [4.69, 9.17) is 0 Å². The van der Waals surface area contributed by atoms with Gasteiger partial charge in [-0.25, -0.2) is 0 Å². The molecule has 8 aromatic rings. The van der Waals surface area contributed by atoms with Crippen LogP contribution in [0.4, 0.5) is 28.4 Å². The van der Waals surface area contributed by atoms with E-state index in [1.54, 1.807) is 0 Å². The van der Waals surface area contributed by atoms with Crippen molar-refractivity contribution in [3.05, 3.63) is 257 Å². The maximum absolute atomic E-state index is 3.68. The summed E-state index contributed by atoms with van der Waals surface area (Å²) in [6.45, 7) is 16.2. The van der Waals surface area contributed by atoms with Crippen molar-refractivity contribution in [3.8, 4) is 33.4 Å². The van der Waals surface area contributed by atoms with Gasteiger partial charge in [-0.2, -0.15) is 34.9 Å². The fraction of sp³-hybridized carbons (Fsp3) is 0.203. The Morgan fingerprint density at radius 1 is 0.410 bits per heavy atom. The SMILES string of the molecule is C[C-]1c2cc(-c3ccccc3)ccc2N2C=C(c3ccccc3)NC12.C[C-]1c2cc3c(cc2N2C=CN(C)C12)C(C)(C)c1ccccc1-3.C[C-]1c2cc3c(cc2N2c4ccccc4N(C)C12)C(C)(C)c1ccccc1-3.[Y].[Y].[Y]. The van der Waals surface area contributed by atoms with Gasteiger partial charge in [0.2, 0.25) is 0 Å². The van der Waals surface area contributed by atoms with Gasteiger partial charge < -0.3 is 29.8 Å². The molecule has 0 saturated heterocycles. The summed E-state index contributed by atoms with van der Waals surface area (Å²) in [5.41, 5.74) is 27.2. The van der Waals surface area contributed by atoms with Gasteiger partial charge >= 0.3 is 0 Å². The van der Waals surface area contributed by atoms with E-state index in [9.17, 15) is 0 Å². The monoisotopic (exact) mass is 1240 g/mol. The molecule has 3 unspecified atom stereocenters. The van der Waals surface area contributed by atoms with Gasteiger partial charge in [-0.3, -0.25) is 0 Å². The summed E-state index contributed by atoms with van der Waals surface area (Å²) < 4.78 is 0. The van der Waals surface area contributed by atoms with E-state index in [-0.39, 0.29) is 115 Å². The van der Waals surface area contributed by atoms with Gasteiger partial charge in [0, 0.05) is 142 Å². The first-order valence-corrected chi connectivity index (χ1v) is 26.7. The number of anilines is 5. The van der Waals surface area contributed by atoms with E-state index in [1.807, 2.05) is 0 Å². The van der Waals surface area contributed by atoms with Crippen LogP contribution >= 0.6 is 0 Å². The second-order valence-corrected chi connectivity index (χ2v) is 22.8.